The second kappa shape index (κ2) is 4.62. The van der Waals surface area contributed by atoms with Crippen molar-refractivity contribution < 1.29 is 14.3 Å². The molecule has 0 N–H and O–H groups in total. The van der Waals surface area contributed by atoms with Gasteiger partial charge in [-0.25, -0.2) is 4.79 Å². The zero-order valence-corrected chi connectivity index (χ0v) is 10.3. The molecule has 1 unspecified atom stereocenters. The van der Waals surface area contributed by atoms with Crippen molar-refractivity contribution >= 4 is 5.97 Å². The number of ether oxygens (including phenoxy) is 2. The molecule has 3 nitrogen and oxygen atoms in total. The van der Waals surface area contributed by atoms with E-state index in [0.717, 1.165) is 5.56 Å². The Kier molecular flexibility index (Phi) is 3.18. The lowest BCUT2D eigenvalue weighted by molar-refractivity contribution is 0.0390. The van der Waals surface area contributed by atoms with Crippen LogP contribution in [0.5, 0.6) is 5.75 Å². The molecule has 0 radical (unpaired) electrons. The highest BCUT2D eigenvalue weighted by molar-refractivity contribution is 5.97. The number of hydrogen-bond donors (Lipinski definition) is 0. The molecule has 3 heteroatoms. The molecule has 90 valence electrons. The Hall–Kier alpha value is -1.77. The summed E-state index contributed by atoms with van der Waals surface area (Å²) in [7, 11) is 1.56. The van der Waals surface area contributed by atoms with Gasteiger partial charge in [-0.15, -0.1) is 0 Å². The summed E-state index contributed by atoms with van der Waals surface area (Å²) in [4.78, 5) is 11.8. The van der Waals surface area contributed by atoms with Gasteiger partial charge in [-0.3, -0.25) is 0 Å². The van der Waals surface area contributed by atoms with Crippen LogP contribution >= 0.6 is 0 Å². The molecule has 2 rings (SSSR count). The Morgan fingerprint density at radius 2 is 2.24 bits per heavy atom. The quantitative estimate of drug-likeness (QED) is 0.592. The molecule has 0 fully saturated rings. The van der Waals surface area contributed by atoms with Crippen molar-refractivity contribution in [1.82, 2.24) is 0 Å². The van der Waals surface area contributed by atoms with Gasteiger partial charge in [0.1, 0.15) is 17.4 Å². The van der Waals surface area contributed by atoms with Crippen LogP contribution in [0.1, 0.15) is 42.3 Å². The van der Waals surface area contributed by atoms with Crippen molar-refractivity contribution in [2.75, 3.05) is 7.11 Å². The Morgan fingerprint density at radius 1 is 1.47 bits per heavy atom. The molecular weight excluding hydrogens is 216 g/mol. The van der Waals surface area contributed by atoms with E-state index >= 15 is 0 Å². The van der Waals surface area contributed by atoms with E-state index in [2.05, 4.69) is 6.08 Å². The first-order valence-electron chi connectivity index (χ1n) is 5.64. The van der Waals surface area contributed by atoms with Gasteiger partial charge < -0.3 is 9.47 Å². The van der Waals surface area contributed by atoms with Crippen LogP contribution in [0.3, 0.4) is 0 Å². The van der Waals surface area contributed by atoms with Crippen molar-refractivity contribution in [2.45, 2.75) is 26.4 Å². The molecule has 17 heavy (non-hydrogen) atoms. The molecule has 1 aromatic carbocycles. The zero-order valence-electron chi connectivity index (χ0n) is 10.3. The normalized spacial score (nSPS) is 17.4. The molecule has 0 bridgehead atoms. The number of rotatable bonds is 3. The minimum Gasteiger partial charge on any atom is -0.496 e. The first-order valence-corrected chi connectivity index (χ1v) is 5.64. The standard InChI is InChI=1S/C14H16O3/c1-9(2)7-8-11-10-5-4-6-12(16-3)13(10)14(15)17-11/h4-7,11H,8H2,1-3H3. The fourth-order valence-electron chi connectivity index (χ4n) is 1.97. The summed E-state index contributed by atoms with van der Waals surface area (Å²) in [5, 5.41) is 0. The number of carbonyl (C=O) groups is 1. The smallest absolute Gasteiger partial charge is 0.342 e. The van der Waals surface area contributed by atoms with Gasteiger partial charge in [-0.1, -0.05) is 23.8 Å². The van der Waals surface area contributed by atoms with Crippen LogP contribution in [0.4, 0.5) is 0 Å². The maximum Gasteiger partial charge on any atom is 0.342 e. The number of carbonyl (C=O) groups excluding carboxylic acids is 1. The summed E-state index contributed by atoms with van der Waals surface area (Å²) in [6.07, 6.45) is 2.61. The number of hydrogen-bond acceptors (Lipinski definition) is 3. The van der Waals surface area contributed by atoms with E-state index in [1.54, 1.807) is 13.2 Å². The summed E-state index contributed by atoms with van der Waals surface area (Å²) in [6, 6.07) is 5.59. The number of allylic oxidation sites excluding steroid dienone is 1. The molecular formula is C14H16O3. The predicted octanol–water partition coefficient (Wildman–Crippen LogP) is 3.26. The number of fused-ring (bicyclic) bond motifs is 1. The van der Waals surface area contributed by atoms with Gasteiger partial charge in [0.15, 0.2) is 0 Å². The van der Waals surface area contributed by atoms with Crippen LogP contribution in [-0.2, 0) is 4.74 Å². The SMILES string of the molecule is COc1cccc2c1C(=O)OC2CC=C(C)C. The average molecular weight is 232 g/mol. The van der Waals surface area contributed by atoms with Gasteiger partial charge in [0.25, 0.3) is 0 Å². The van der Waals surface area contributed by atoms with Gasteiger partial charge in [0, 0.05) is 12.0 Å². The lowest BCUT2D eigenvalue weighted by Gasteiger charge is -2.08. The zero-order chi connectivity index (χ0) is 12.4. The van der Waals surface area contributed by atoms with E-state index in [-0.39, 0.29) is 12.1 Å². The van der Waals surface area contributed by atoms with E-state index in [1.165, 1.54) is 5.57 Å². The molecule has 0 aliphatic carbocycles. The van der Waals surface area contributed by atoms with E-state index < -0.39 is 0 Å². The van der Waals surface area contributed by atoms with E-state index in [1.807, 2.05) is 26.0 Å². The Bertz CT molecular complexity index is 470. The fourth-order valence-corrected chi connectivity index (χ4v) is 1.97. The number of cyclic esters (lactones) is 1. The van der Waals surface area contributed by atoms with E-state index in [4.69, 9.17) is 9.47 Å². The molecule has 1 atom stereocenters. The van der Waals surface area contributed by atoms with Gasteiger partial charge in [0.05, 0.1) is 7.11 Å². The summed E-state index contributed by atoms with van der Waals surface area (Å²) >= 11 is 0. The Labute approximate surface area is 101 Å². The summed E-state index contributed by atoms with van der Waals surface area (Å²) in [5.74, 6) is 0.303. The molecule has 0 saturated heterocycles. The molecule has 1 heterocycles. The van der Waals surface area contributed by atoms with E-state index in [9.17, 15) is 4.79 Å². The Balaban J connectivity index is 2.35. The van der Waals surface area contributed by atoms with Crippen LogP contribution in [0.25, 0.3) is 0 Å². The summed E-state index contributed by atoms with van der Waals surface area (Å²) in [6.45, 7) is 4.06. The van der Waals surface area contributed by atoms with Crippen molar-refractivity contribution in [1.29, 1.82) is 0 Å². The molecule has 1 aromatic rings. The van der Waals surface area contributed by atoms with Gasteiger partial charge in [0.2, 0.25) is 0 Å². The maximum atomic E-state index is 11.8. The van der Waals surface area contributed by atoms with E-state index in [0.29, 0.717) is 17.7 Å². The first-order chi connectivity index (χ1) is 8.13. The van der Waals surface area contributed by atoms with Crippen LogP contribution in [-0.4, -0.2) is 13.1 Å². The third-order valence-electron chi connectivity index (χ3n) is 2.82. The van der Waals surface area contributed by atoms with Crippen LogP contribution in [0.15, 0.2) is 29.8 Å². The molecule has 1 aliphatic rings. The number of methoxy groups -OCH3 is 1. The van der Waals surface area contributed by atoms with Gasteiger partial charge in [-0.05, 0) is 19.9 Å². The minimum absolute atomic E-state index is 0.178. The third kappa shape index (κ3) is 2.18. The van der Waals surface area contributed by atoms with Crippen LogP contribution < -0.4 is 4.74 Å². The highest BCUT2D eigenvalue weighted by Gasteiger charge is 2.32. The molecule has 0 amide bonds. The van der Waals surface area contributed by atoms with Crippen molar-refractivity contribution in [2.24, 2.45) is 0 Å². The largest absolute Gasteiger partial charge is 0.496 e. The average Bonchev–Trinajstić information content (AvgIpc) is 2.64. The molecule has 1 aliphatic heterocycles. The lowest BCUT2D eigenvalue weighted by atomic mass is 10.0. The van der Waals surface area contributed by atoms with Crippen LogP contribution in [0.2, 0.25) is 0 Å². The maximum absolute atomic E-state index is 11.8. The van der Waals surface area contributed by atoms with Crippen molar-refractivity contribution in [3.05, 3.63) is 41.0 Å². The number of benzene rings is 1. The second-order valence-corrected chi connectivity index (χ2v) is 4.34. The van der Waals surface area contributed by atoms with Crippen LogP contribution in [0, 0.1) is 0 Å². The highest BCUT2D eigenvalue weighted by atomic mass is 16.6. The second-order valence-electron chi connectivity index (χ2n) is 4.34. The van der Waals surface area contributed by atoms with Gasteiger partial charge >= 0.3 is 5.97 Å². The minimum atomic E-state index is -0.287. The topological polar surface area (TPSA) is 35.5 Å². The molecule has 0 saturated carbocycles. The molecule has 0 spiro atoms. The predicted molar refractivity (Wildman–Crippen MR) is 65.2 cm³/mol. The summed E-state index contributed by atoms with van der Waals surface area (Å²) < 4.78 is 10.5. The highest BCUT2D eigenvalue weighted by Crippen LogP contribution is 2.38. The fraction of sp³-hybridized carbons (Fsp3) is 0.357. The Morgan fingerprint density at radius 3 is 2.88 bits per heavy atom. The van der Waals surface area contributed by atoms with Gasteiger partial charge in [-0.2, -0.15) is 0 Å². The lowest BCUT2D eigenvalue weighted by Crippen LogP contribution is -1.98. The number of esters is 1. The monoisotopic (exact) mass is 232 g/mol. The molecule has 0 aromatic heterocycles. The third-order valence-corrected chi connectivity index (χ3v) is 2.82. The van der Waals surface area contributed by atoms with Crippen molar-refractivity contribution in [3.63, 3.8) is 0 Å². The van der Waals surface area contributed by atoms with Crippen molar-refractivity contribution in [3.8, 4) is 5.75 Å². The first kappa shape index (κ1) is 11.7. The summed E-state index contributed by atoms with van der Waals surface area (Å²) in [5.41, 5.74) is 2.71.